The van der Waals surface area contributed by atoms with Gasteiger partial charge in [0.2, 0.25) is 0 Å². The minimum Gasteiger partial charge on any atom is -0.478 e. The number of nitrogens with zero attached hydrogens (tertiary/aromatic N) is 1. The number of rotatable bonds is 5. The van der Waals surface area contributed by atoms with Crippen LogP contribution < -0.4 is 5.32 Å². The van der Waals surface area contributed by atoms with E-state index in [0.717, 1.165) is 22.6 Å². The molecule has 1 heterocycles. The zero-order valence-corrected chi connectivity index (χ0v) is 12.7. The maximum atomic E-state index is 10.8. The van der Waals surface area contributed by atoms with Crippen molar-refractivity contribution in [2.75, 3.05) is 0 Å². The van der Waals surface area contributed by atoms with Gasteiger partial charge in [-0.1, -0.05) is 17.3 Å². The Labute approximate surface area is 124 Å². The molecule has 0 unspecified atom stereocenters. The van der Waals surface area contributed by atoms with E-state index in [2.05, 4.69) is 24.3 Å². The van der Waals surface area contributed by atoms with Gasteiger partial charge in [0, 0.05) is 17.6 Å². The number of aromatic carboxylic acids is 1. The first-order valence-corrected chi connectivity index (χ1v) is 6.82. The minimum absolute atomic E-state index is 0.278. The van der Waals surface area contributed by atoms with Crippen molar-refractivity contribution in [1.82, 2.24) is 10.5 Å². The maximum Gasteiger partial charge on any atom is 0.335 e. The molecule has 0 amide bonds. The van der Waals surface area contributed by atoms with Crippen molar-refractivity contribution >= 4 is 5.97 Å². The number of nitrogens with one attached hydrogen (secondary N) is 1. The van der Waals surface area contributed by atoms with E-state index in [1.54, 1.807) is 12.1 Å². The summed E-state index contributed by atoms with van der Waals surface area (Å²) in [7, 11) is 0. The lowest BCUT2D eigenvalue weighted by Gasteiger charge is -2.26. The van der Waals surface area contributed by atoms with E-state index >= 15 is 0 Å². The van der Waals surface area contributed by atoms with Crippen molar-refractivity contribution in [1.29, 1.82) is 0 Å². The molecule has 0 radical (unpaired) electrons. The molecule has 5 nitrogen and oxygen atoms in total. The van der Waals surface area contributed by atoms with Gasteiger partial charge in [0.15, 0.2) is 0 Å². The van der Waals surface area contributed by atoms with Crippen molar-refractivity contribution in [2.45, 2.75) is 39.8 Å². The predicted molar refractivity (Wildman–Crippen MR) is 79.2 cm³/mol. The van der Waals surface area contributed by atoms with Crippen molar-refractivity contribution in [3.05, 3.63) is 52.4 Å². The van der Waals surface area contributed by atoms with Crippen LogP contribution in [0.4, 0.5) is 0 Å². The molecule has 0 aliphatic heterocycles. The highest BCUT2D eigenvalue weighted by atomic mass is 16.5. The molecule has 0 atom stereocenters. The molecule has 0 aliphatic rings. The van der Waals surface area contributed by atoms with E-state index in [-0.39, 0.29) is 5.54 Å². The summed E-state index contributed by atoms with van der Waals surface area (Å²) < 4.78 is 5.22. The van der Waals surface area contributed by atoms with Crippen LogP contribution in [0.25, 0.3) is 0 Å². The fraction of sp³-hybridized carbons (Fsp3) is 0.375. The van der Waals surface area contributed by atoms with Gasteiger partial charge in [-0.2, -0.15) is 0 Å². The van der Waals surface area contributed by atoms with Crippen LogP contribution >= 0.6 is 0 Å². The van der Waals surface area contributed by atoms with Crippen molar-refractivity contribution in [3.63, 3.8) is 0 Å². The van der Waals surface area contributed by atoms with Gasteiger partial charge in [0.25, 0.3) is 0 Å². The SMILES string of the molecule is Cc1noc(C)c1C(C)(C)NCc1ccc(C(=O)O)cc1. The Balaban J connectivity index is 2.10. The third kappa shape index (κ3) is 3.31. The van der Waals surface area contributed by atoms with Crippen LogP contribution in [0.5, 0.6) is 0 Å². The summed E-state index contributed by atoms with van der Waals surface area (Å²) in [5.41, 5.74) is 2.99. The summed E-state index contributed by atoms with van der Waals surface area (Å²) >= 11 is 0. The second kappa shape index (κ2) is 5.69. The number of hydrogen-bond donors (Lipinski definition) is 2. The van der Waals surface area contributed by atoms with Crippen molar-refractivity contribution in [2.24, 2.45) is 0 Å². The Kier molecular flexibility index (Phi) is 4.14. The molecule has 0 aliphatic carbocycles. The van der Waals surface area contributed by atoms with Gasteiger partial charge in [-0.05, 0) is 45.4 Å². The molecule has 2 N–H and O–H groups in total. The Morgan fingerprint density at radius 1 is 1.29 bits per heavy atom. The Hall–Kier alpha value is -2.14. The van der Waals surface area contributed by atoms with Gasteiger partial charge in [-0.25, -0.2) is 4.79 Å². The summed E-state index contributed by atoms with van der Waals surface area (Å²) in [6.07, 6.45) is 0. The number of carbonyl (C=O) groups is 1. The van der Waals surface area contributed by atoms with E-state index in [9.17, 15) is 4.79 Å². The summed E-state index contributed by atoms with van der Waals surface area (Å²) in [6, 6.07) is 6.87. The van der Waals surface area contributed by atoms with E-state index in [1.807, 2.05) is 26.0 Å². The average molecular weight is 288 g/mol. The Bertz CT molecular complexity index is 623. The molecular formula is C16H20N2O3. The maximum absolute atomic E-state index is 10.8. The van der Waals surface area contributed by atoms with E-state index < -0.39 is 5.97 Å². The topological polar surface area (TPSA) is 75.4 Å². The number of carboxylic acid groups (broad SMARTS) is 1. The van der Waals surface area contributed by atoms with Gasteiger partial charge in [0.1, 0.15) is 5.76 Å². The molecule has 21 heavy (non-hydrogen) atoms. The summed E-state index contributed by atoms with van der Waals surface area (Å²) in [6.45, 7) is 8.62. The van der Waals surface area contributed by atoms with E-state index in [1.165, 1.54) is 0 Å². The third-order valence-electron chi connectivity index (χ3n) is 3.59. The molecule has 5 heteroatoms. The van der Waals surface area contributed by atoms with E-state index in [4.69, 9.17) is 9.63 Å². The molecule has 1 aromatic carbocycles. The quantitative estimate of drug-likeness (QED) is 0.884. The lowest BCUT2D eigenvalue weighted by Crippen LogP contribution is -2.36. The first kappa shape index (κ1) is 15.3. The monoisotopic (exact) mass is 288 g/mol. The standard InChI is InChI=1S/C16H20N2O3/c1-10-14(11(2)21-18-10)16(3,4)17-9-12-5-7-13(8-6-12)15(19)20/h5-8,17H,9H2,1-4H3,(H,19,20). The second-order valence-electron chi connectivity index (χ2n) is 5.68. The van der Waals surface area contributed by atoms with Gasteiger partial charge >= 0.3 is 5.97 Å². The molecule has 0 spiro atoms. The molecular weight excluding hydrogens is 268 g/mol. The van der Waals surface area contributed by atoms with Crippen LogP contribution in [0.15, 0.2) is 28.8 Å². The Morgan fingerprint density at radius 3 is 2.38 bits per heavy atom. The largest absolute Gasteiger partial charge is 0.478 e. The molecule has 0 bridgehead atoms. The highest BCUT2D eigenvalue weighted by Crippen LogP contribution is 2.27. The van der Waals surface area contributed by atoms with Crippen LogP contribution in [0.2, 0.25) is 0 Å². The van der Waals surface area contributed by atoms with Crippen LogP contribution in [0.3, 0.4) is 0 Å². The normalized spacial score (nSPS) is 11.6. The van der Waals surface area contributed by atoms with Gasteiger partial charge in [-0.3, -0.25) is 0 Å². The number of carboxylic acids is 1. The molecule has 2 aromatic rings. The molecule has 112 valence electrons. The van der Waals surface area contributed by atoms with E-state index in [0.29, 0.717) is 12.1 Å². The fourth-order valence-electron chi connectivity index (χ4n) is 2.55. The van der Waals surface area contributed by atoms with Gasteiger partial charge in [0.05, 0.1) is 11.3 Å². The molecule has 0 saturated heterocycles. The molecule has 0 fully saturated rings. The summed E-state index contributed by atoms with van der Waals surface area (Å²) in [4.78, 5) is 10.8. The highest BCUT2D eigenvalue weighted by Gasteiger charge is 2.27. The van der Waals surface area contributed by atoms with Crippen molar-refractivity contribution < 1.29 is 14.4 Å². The summed E-state index contributed by atoms with van der Waals surface area (Å²) in [5.74, 6) is -0.100. The second-order valence-corrected chi connectivity index (χ2v) is 5.68. The highest BCUT2D eigenvalue weighted by molar-refractivity contribution is 5.87. The molecule has 0 saturated carbocycles. The lowest BCUT2D eigenvalue weighted by atomic mass is 9.92. The Morgan fingerprint density at radius 2 is 1.90 bits per heavy atom. The van der Waals surface area contributed by atoms with Crippen LogP contribution in [0, 0.1) is 13.8 Å². The zero-order valence-electron chi connectivity index (χ0n) is 12.7. The van der Waals surface area contributed by atoms with Crippen LogP contribution in [-0.2, 0) is 12.1 Å². The first-order valence-electron chi connectivity index (χ1n) is 6.82. The van der Waals surface area contributed by atoms with Gasteiger partial charge < -0.3 is 14.9 Å². The number of benzene rings is 1. The smallest absolute Gasteiger partial charge is 0.335 e. The minimum atomic E-state index is -0.912. The zero-order chi connectivity index (χ0) is 15.6. The first-order chi connectivity index (χ1) is 9.81. The molecule has 1 aromatic heterocycles. The van der Waals surface area contributed by atoms with Crippen LogP contribution in [0.1, 0.15) is 46.8 Å². The fourth-order valence-corrected chi connectivity index (χ4v) is 2.55. The summed E-state index contributed by atoms with van der Waals surface area (Å²) in [5, 5.41) is 16.3. The molecule has 2 rings (SSSR count). The number of aromatic nitrogens is 1. The number of aryl methyl sites for hydroxylation is 2. The lowest BCUT2D eigenvalue weighted by molar-refractivity contribution is 0.0697. The van der Waals surface area contributed by atoms with Crippen molar-refractivity contribution in [3.8, 4) is 0 Å². The average Bonchev–Trinajstić information content (AvgIpc) is 2.77. The number of hydrogen-bond acceptors (Lipinski definition) is 4. The predicted octanol–water partition coefficient (Wildman–Crippen LogP) is 3.01. The van der Waals surface area contributed by atoms with Crippen LogP contribution in [-0.4, -0.2) is 16.2 Å². The third-order valence-corrected chi connectivity index (χ3v) is 3.59. The van der Waals surface area contributed by atoms with Gasteiger partial charge in [-0.15, -0.1) is 0 Å².